The van der Waals surface area contributed by atoms with Crippen LogP contribution in [-0.2, 0) is 9.47 Å². The third-order valence-corrected chi connectivity index (χ3v) is 2.63. The molecule has 20 heavy (non-hydrogen) atoms. The number of aliphatic hydroxyl groups is 2. The van der Waals surface area contributed by atoms with Crippen molar-refractivity contribution in [3.8, 4) is 0 Å². The highest BCUT2D eigenvalue weighted by Crippen LogP contribution is 2.12. The predicted octanol–water partition coefficient (Wildman–Crippen LogP) is 1.11. The summed E-state index contributed by atoms with van der Waals surface area (Å²) >= 11 is 0. The maximum absolute atomic E-state index is 11.7. The Labute approximate surface area is 116 Å². The third-order valence-electron chi connectivity index (χ3n) is 2.63. The Morgan fingerprint density at radius 2 is 1.60 bits per heavy atom. The fourth-order valence-corrected chi connectivity index (χ4v) is 1.60. The predicted molar refractivity (Wildman–Crippen MR) is 70.1 cm³/mol. The highest BCUT2D eigenvalue weighted by atomic mass is 16.6. The van der Waals surface area contributed by atoms with Gasteiger partial charge in [-0.1, -0.05) is 13.3 Å². The Morgan fingerprint density at radius 3 is 2.05 bits per heavy atom. The summed E-state index contributed by atoms with van der Waals surface area (Å²) in [4.78, 5) is 22.9. The van der Waals surface area contributed by atoms with Crippen molar-refractivity contribution in [3.63, 3.8) is 0 Å². The van der Waals surface area contributed by atoms with Gasteiger partial charge < -0.3 is 19.7 Å². The lowest BCUT2D eigenvalue weighted by molar-refractivity contribution is -0.191. The van der Waals surface area contributed by atoms with Gasteiger partial charge in [-0.2, -0.15) is 0 Å². The molecule has 0 heterocycles. The molecule has 6 heteroatoms. The van der Waals surface area contributed by atoms with Gasteiger partial charge in [0.2, 0.25) is 0 Å². The smallest absolute Gasteiger partial charge is 0.338 e. The van der Waals surface area contributed by atoms with Gasteiger partial charge in [0, 0.05) is 6.42 Å². The Balaban J connectivity index is 2.62. The molecule has 2 N–H and O–H groups in total. The quantitative estimate of drug-likeness (QED) is 0.599. The first-order valence-electron chi connectivity index (χ1n) is 6.20. The molecule has 0 amide bonds. The van der Waals surface area contributed by atoms with Gasteiger partial charge in [0.15, 0.2) is 5.79 Å². The monoisotopic (exact) mass is 282 g/mol. The zero-order valence-corrected chi connectivity index (χ0v) is 11.5. The number of carbonyl (C=O) groups excluding carboxylic acids is 2. The minimum absolute atomic E-state index is 0.113. The van der Waals surface area contributed by atoms with Crippen molar-refractivity contribution in [2.75, 3.05) is 13.7 Å². The molecule has 0 unspecified atom stereocenters. The van der Waals surface area contributed by atoms with Crippen LogP contribution in [0.4, 0.5) is 0 Å². The van der Waals surface area contributed by atoms with Gasteiger partial charge in [0.05, 0.1) is 18.2 Å². The molecule has 0 aliphatic rings. The SMILES string of the molecule is CCCC(O)(O)COC(=O)c1ccc(C(=O)OC)cc1. The van der Waals surface area contributed by atoms with Gasteiger partial charge in [-0.15, -0.1) is 0 Å². The average molecular weight is 282 g/mol. The van der Waals surface area contributed by atoms with E-state index in [1.54, 1.807) is 6.92 Å². The zero-order valence-electron chi connectivity index (χ0n) is 11.5. The second-order valence-electron chi connectivity index (χ2n) is 4.38. The van der Waals surface area contributed by atoms with Gasteiger partial charge in [0.1, 0.15) is 6.61 Å². The lowest BCUT2D eigenvalue weighted by Gasteiger charge is -2.20. The van der Waals surface area contributed by atoms with E-state index >= 15 is 0 Å². The molecule has 0 saturated heterocycles. The molecule has 0 saturated carbocycles. The molecule has 0 atom stereocenters. The maximum atomic E-state index is 11.7. The lowest BCUT2D eigenvalue weighted by atomic mass is 10.1. The molecule has 0 aromatic heterocycles. The molecule has 1 rings (SSSR count). The van der Waals surface area contributed by atoms with Crippen LogP contribution in [-0.4, -0.2) is 41.7 Å². The lowest BCUT2D eigenvalue weighted by Crippen LogP contribution is -2.35. The van der Waals surface area contributed by atoms with E-state index < -0.39 is 24.3 Å². The van der Waals surface area contributed by atoms with Crippen molar-refractivity contribution in [1.29, 1.82) is 0 Å². The number of hydrogen-bond acceptors (Lipinski definition) is 6. The van der Waals surface area contributed by atoms with Crippen molar-refractivity contribution >= 4 is 11.9 Å². The summed E-state index contributed by atoms with van der Waals surface area (Å²) in [5.41, 5.74) is 0.527. The maximum Gasteiger partial charge on any atom is 0.338 e. The summed E-state index contributed by atoms with van der Waals surface area (Å²) in [6.07, 6.45) is 0.667. The van der Waals surface area contributed by atoms with Gasteiger partial charge >= 0.3 is 11.9 Å². The second kappa shape index (κ2) is 7.02. The molecular weight excluding hydrogens is 264 g/mol. The summed E-state index contributed by atoms with van der Waals surface area (Å²) in [6, 6.07) is 5.68. The Bertz CT molecular complexity index is 463. The molecule has 0 radical (unpaired) electrons. The molecule has 0 bridgehead atoms. The van der Waals surface area contributed by atoms with Gasteiger partial charge in [-0.05, 0) is 24.3 Å². The highest BCUT2D eigenvalue weighted by Gasteiger charge is 2.24. The van der Waals surface area contributed by atoms with Crippen LogP contribution in [0.2, 0.25) is 0 Å². The third kappa shape index (κ3) is 4.64. The van der Waals surface area contributed by atoms with Crippen molar-refractivity contribution in [1.82, 2.24) is 0 Å². The van der Waals surface area contributed by atoms with Crippen LogP contribution in [0.15, 0.2) is 24.3 Å². The van der Waals surface area contributed by atoms with E-state index in [9.17, 15) is 19.8 Å². The topological polar surface area (TPSA) is 93.1 Å². The van der Waals surface area contributed by atoms with Crippen LogP contribution in [0.5, 0.6) is 0 Å². The van der Waals surface area contributed by atoms with Crippen molar-refractivity contribution in [2.24, 2.45) is 0 Å². The number of hydrogen-bond donors (Lipinski definition) is 2. The number of ether oxygens (including phenoxy) is 2. The van der Waals surface area contributed by atoms with Crippen LogP contribution in [0, 0.1) is 0 Å². The fourth-order valence-electron chi connectivity index (χ4n) is 1.60. The van der Waals surface area contributed by atoms with Crippen LogP contribution < -0.4 is 0 Å². The van der Waals surface area contributed by atoms with Crippen LogP contribution >= 0.6 is 0 Å². The van der Waals surface area contributed by atoms with Gasteiger partial charge in [-0.25, -0.2) is 9.59 Å². The summed E-state index contributed by atoms with van der Waals surface area (Å²) in [5.74, 6) is -3.21. The average Bonchev–Trinajstić information content (AvgIpc) is 2.44. The Hall–Kier alpha value is -1.92. The van der Waals surface area contributed by atoms with Gasteiger partial charge in [0.25, 0.3) is 0 Å². The normalized spacial score (nSPS) is 11.0. The zero-order chi connectivity index (χ0) is 15.2. The number of benzene rings is 1. The van der Waals surface area contributed by atoms with E-state index in [1.165, 1.54) is 31.4 Å². The van der Waals surface area contributed by atoms with E-state index in [1.807, 2.05) is 0 Å². The van der Waals surface area contributed by atoms with E-state index in [0.717, 1.165) is 0 Å². The van der Waals surface area contributed by atoms with Crippen LogP contribution in [0.3, 0.4) is 0 Å². The van der Waals surface area contributed by atoms with Gasteiger partial charge in [-0.3, -0.25) is 0 Å². The van der Waals surface area contributed by atoms with Crippen LogP contribution in [0.1, 0.15) is 40.5 Å². The van der Waals surface area contributed by atoms with Crippen LogP contribution in [0.25, 0.3) is 0 Å². The summed E-state index contributed by atoms with van der Waals surface area (Å²) in [5, 5.41) is 19.0. The summed E-state index contributed by atoms with van der Waals surface area (Å²) in [6.45, 7) is 1.28. The van der Waals surface area contributed by atoms with E-state index in [4.69, 9.17) is 4.74 Å². The standard InChI is InChI=1S/C14H18O6/c1-3-8-14(17,18)9-20-13(16)11-6-4-10(5-7-11)12(15)19-2/h4-7,17-18H,3,8-9H2,1-2H3. The summed E-state index contributed by atoms with van der Waals surface area (Å²) in [7, 11) is 1.26. The first-order chi connectivity index (χ1) is 9.39. The number of esters is 2. The molecule has 0 aliphatic carbocycles. The van der Waals surface area contributed by atoms with Crippen molar-refractivity contribution in [3.05, 3.63) is 35.4 Å². The number of methoxy groups -OCH3 is 1. The first kappa shape index (κ1) is 16.1. The van der Waals surface area contributed by atoms with E-state index in [-0.39, 0.29) is 12.0 Å². The molecule has 0 fully saturated rings. The summed E-state index contributed by atoms with van der Waals surface area (Å²) < 4.78 is 9.35. The molecule has 1 aromatic carbocycles. The Morgan fingerprint density at radius 1 is 1.10 bits per heavy atom. The highest BCUT2D eigenvalue weighted by molar-refractivity contribution is 5.93. The fraction of sp³-hybridized carbons (Fsp3) is 0.429. The van der Waals surface area contributed by atoms with E-state index in [0.29, 0.717) is 12.0 Å². The molecule has 0 spiro atoms. The number of rotatable bonds is 6. The van der Waals surface area contributed by atoms with E-state index in [2.05, 4.69) is 4.74 Å². The van der Waals surface area contributed by atoms with Crippen molar-refractivity contribution in [2.45, 2.75) is 25.6 Å². The Kier molecular flexibility index (Phi) is 5.66. The van der Waals surface area contributed by atoms with Crippen molar-refractivity contribution < 1.29 is 29.3 Å². The molecule has 6 nitrogen and oxygen atoms in total. The molecule has 110 valence electrons. The first-order valence-corrected chi connectivity index (χ1v) is 6.20. The number of carbonyl (C=O) groups is 2. The molecule has 1 aromatic rings. The minimum atomic E-state index is -2.02. The minimum Gasteiger partial charge on any atom is -0.465 e. The molecule has 0 aliphatic heterocycles. The second-order valence-corrected chi connectivity index (χ2v) is 4.38. The largest absolute Gasteiger partial charge is 0.465 e. The molecular formula is C14H18O6.